The van der Waals surface area contributed by atoms with Crippen molar-refractivity contribution < 1.29 is 9.13 Å². The summed E-state index contributed by atoms with van der Waals surface area (Å²) in [4.78, 5) is 8.09. The number of anilines is 1. The molecule has 88 valence electrons. The van der Waals surface area contributed by atoms with E-state index < -0.39 is 5.82 Å². The maximum Gasteiger partial charge on any atom is 0.322 e. The molecule has 0 aliphatic rings. The van der Waals surface area contributed by atoms with Crippen molar-refractivity contribution in [2.45, 2.75) is 13.8 Å². The zero-order valence-electron chi connectivity index (χ0n) is 9.57. The van der Waals surface area contributed by atoms with Crippen LogP contribution in [0.15, 0.2) is 24.3 Å². The molecule has 0 saturated heterocycles. The van der Waals surface area contributed by atoms with Gasteiger partial charge in [0.1, 0.15) is 0 Å². The van der Waals surface area contributed by atoms with Gasteiger partial charge in [-0.3, -0.25) is 0 Å². The van der Waals surface area contributed by atoms with Gasteiger partial charge >= 0.3 is 6.01 Å². The average Bonchev–Trinajstić information content (AvgIpc) is 2.29. The van der Waals surface area contributed by atoms with Crippen LogP contribution in [0.2, 0.25) is 0 Å². The van der Waals surface area contributed by atoms with E-state index in [-0.39, 0.29) is 11.8 Å². The highest BCUT2D eigenvalue weighted by molar-refractivity contribution is 5.47. The van der Waals surface area contributed by atoms with Gasteiger partial charge in [0.15, 0.2) is 11.6 Å². The van der Waals surface area contributed by atoms with Crippen LogP contribution in [0.3, 0.4) is 0 Å². The molecular formula is C12H12FN3O. The second kappa shape index (κ2) is 4.37. The van der Waals surface area contributed by atoms with Crippen molar-refractivity contribution in [2.75, 3.05) is 5.73 Å². The molecule has 0 atom stereocenters. The molecule has 0 spiro atoms. The maximum atomic E-state index is 13.4. The lowest BCUT2D eigenvalue weighted by molar-refractivity contribution is 0.409. The summed E-state index contributed by atoms with van der Waals surface area (Å²) in [7, 11) is 0. The van der Waals surface area contributed by atoms with Gasteiger partial charge in [0.2, 0.25) is 0 Å². The molecule has 1 heterocycles. The molecule has 2 aromatic rings. The van der Waals surface area contributed by atoms with Crippen molar-refractivity contribution >= 4 is 5.69 Å². The molecule has 0 bridgehead atoms. The van der Waals surface area contributed by atoms with Crippen LogP contribution in [-0.4, -0.2) is 9.97 Å². The number of aromatic nitrogens is 2. The van der Waals surface area contributed by atoms with Crippen molar-refractivity contribution in [1.29, 1.82) is 0 Å². The number of hydrogen-bond acceptors (Lipinski definition) is 4. The van der Waals surface area contributed by atoms with Crippen molar-refractivity contribution in [3.63, 3.8) is 0 Å². The fourth-order valence-corrected chi connectivity index (χ4v) is 1.37. The highest BCUT2D eigenvalue weighted by Crippen LogP contribution is 2.23. The van der Waals surface area contributed by atoms with Crippen molar-refractivity contribution in [1.82, 2.24) is 9.97 Å². The Labute approximate surface area is 98.3 Å². The lowest BCUT2D eigenvalue weighted by Gasteiger charge is -2.08. The number of benzene rings is 1. The van der Waals surface area contributed by atoms with E-state index in [0.717, 1.165) is 0 Å². The van der Waals surface area contributed by atoms with E-state index in [9.17, 15) is 4.39 Å². The molecule has 4 nitrogen and oxygen atoms in total. The first-order valence-corrected chi connectivity index (χ1v) is 5.11. The Balaban J connectivity index is 2.34. The summed E-state index contributed by atoms with van der Waals surface area (Å²) in [5.41, 5.74) is 7.47. The summed E-state index contributed by atoms with van der Waals surface area (Å²) < 4.78 is 18.6. The molecule has 0 radical (unpaired) electrons. The van der Waals surface area contributed by atoms with Crippen LogP contribution >= 0.6 is 0 Å². The number of halogens is 1. The quantitative estimate of drug-likeness (QED) is 0.866. The predicted octanol–water partition coefficient (Wildman–Crippen LogP) is 2.61. The van der Waals surface area contributed by atoms with Gasteiger partial charge < -0.3 is 10.5 Å². The first kappa shape index (κ1) is 11.3. The van der Waals surface area contributed by atoms with E-state index in [1.165, 1.54) is 12.1 Å². The minimum Gasteiger partial charge on any atom is -0.421 e. The Morgan fingerprint density at radius 1 is 1.12 bits per heavy atom. The summed E-state index contributed by atoms with van der Waals surface area (Å²) in [6.45, 7) is 3.50. The van der Waals surface area contributed by atoms with E-state index in [1.54, 1.807) is 26.0 Å². The largest absolute Gasteiger partial charge is 0.421 e. The first-order valence-electron chi connectivity index (χ1n) is 5.11. The summed E-state index contributed by atoms with van der Waals surface area (Å²) >= 11 is 0. The topological polar surface area (TPSA) is 61.0 Å². The van der Waals surface area contributed by atoms with E-state index in [4.69, 9.17) is 10.5 Å². The van der Waals surface area contributed by atoms with Gasteiger partial charge in [-0.25, -0.2) is 4.39 Å². The monoisotopic (exact) mass is 233 g/mol. The summed E-state index contributed by atoms with van der Waals surface area (Å²) in [6, 6.07) is 6.18. The molecule has 2 rings (SSSR count). The van der Waals surface area contributed by atoms with Crippen LogP contribution in [0.5, 0.6) is 11.8 Å². The molecule has 1 aromatic heterocycles. The van der Waals surface area contributed by atoms with Gasteiger partial charge in [-0.1, -0.05) is 12.1 Å². The lowest BCUT2D eigenvalue weighted by atomic mass is 10.3. The average molecular weight is 233 g/mol. The van der Waals surface area contributed by atoms with Gasteiger partial charge in [0, 0.05) is 0 Å². The highest BCUT2D eigenvalue weighted by Gasteiger charge is 2.09. The van der Waals surface area contributed by atoms with Gasteiger partial charge in [0.25, 0.3) is 0 Å². The number of para-hydroxylation sites is 1. The highest BCUT2D eigenvalue weighted by atomic mass is 19.1. The molecule has 17 heavy (non-hydrogen) atoms. The minimum atomic E-state index is -0.455. The SMILES string of the molecule is Cc1nc(Oc2ccccc2F)nc(C)c1N. The second-order valence-corrected chi connectivity index (χ2v) is 3.62. The van der Waals surface area contributed by atoms with Crippen molar-refractivity contribution in [3.8, 4) is 11.8 Å². The first-order chi connectivity index (χ1) is 8.08. The number of nitrogen functional groups attached to an aromatic ring is 1. The van der Waals surface area contributed by atoms with Crippen LogP contribution in [-0.2, 0) is 0 Å². The fourth-order valence-electron chi connectivity index (χ4n) is 1.37. The minimum absolute atomic E-state index is 0.0936. The third-order valence-corrected chi connectivity index (χ3v) is 2.34. The molecule has 2 N–H and O–H groups in total. The van der Waals surface area contributed by atoms with Gasteiger partial charge in [0.05, 0.1) is 17.1 Å². The zero-order valence-corrected chi connectivity index (χ0v) is 9.57. The fraction of sp³-hybridized carbons (Fsp3) is 0.167. The van der Waals surface area contributed by atoms with Crippen LogP contribution in [0.1, 0.15) is 11.4 Å². The standard InChI is InChI=1S/C12H12FN3O/c1-7-11(14)8(2)16-12(15-7)17-10-6-4-3-5-9(10)13/h3-6H,14H2,1-2H3. The van der Waals surface area contributed by atoms with Crippen LogP contribution in [0, 0.1) is 19.7 Å². The van der Waals surface area contributed by atoms with Crippen molar-refractivity contribution in [3.05, 3.63) is 41.5 Å². The Kier molecular flexibility index (Phi) is 2.91. The zero-order chi connectivity index (χ0) is 12.4. The predicted molar refractivity (Wildman–Crippen MR) is 62.4 cm³/mol. The molecule has 0 aliphatic heterocycles. The Morgan fingerprint density at radius 3 is 2.29 bits per heavy atom. The molecular weight excluding hydrogens is 221 g/mol. The smallest absolute Gasteiger partial charge is 0.322 e. The molecule has 0 fully saturated rings. The number of nitrogens with zero attached hydrogens (tertiary/aromatic N) is 2. The van der Waals surface area contributed by atoms with E-state index in [0.29, 0.717) is 17.1 Å². The summed E-state index contributed by atoms with van der Waals surface area (Å²) in [5.74, 6) is -0.362. The summed E-state index contributed by atoms with van der Waals surface area (Å²) in [5, 5.41) is 0. The Bertz CT molecular complexity index is 534. The molecule has 5 heteroatoms. The maximum absolute atomic E-state index is 13.4. The summed E-state index contributed by atoms with van der Waals surface area (Å²) in [6.07, 6.45) is 0. The molecule has 0 amide bonds. The third-order valence-electron chi connectivity index (χ3n) is 2.34. The molecule has 0 aliphatic carbocycles. The molecule has 0 unspecified atom stereocenters. The number of nitrogens with two attached hydrogens (primary N) is 1. The van der Waals surface area contributed by atoms with Crippen LogP contribution < -0.4 is 10.5 Å². The van der Waals surface area contributed by atoms with Crippen molar-refractivity contribution in [2.24, 2.45) is 0 Å². The van der Waals surface area contributed by atoms with Gasteiger partial charge in [-0.15, -0.1) is 0 Å². The molecule has 1 aromatic carbocycles. The number of ether oxygens (including phenoxy) is 1. The number of rotatable bonds is 2. The van der Waals surface area contributed by atoms with Crippen LogP contribution in [0.4, 0.5) is 10.1 Å². The number of aryl methyl sites for hydroxylation is 2. The van der Waals surface area contributed by atoms with E-state index >= 15 is 0 Å². The van der Waals surface area contributed by atoms with E-state index in [2.05, 4.69) is 9.97 Å². The van der Waals surface area contributed by atoms with E-state index in [1.807, 2.05) is 0 Å². The normalized spacial score (nSPS) is 10.3. The Hall–Kier alpha value is -2.17. The van der Waals surface area contributed by atoms with Crippen LogP contribution in [0.25, 0.3) is 0 Å². The van der Waals surface area contributed by atoms with Gasteiger partial charge in [-0.05, 0) is 26.0 Å². The Morgan fingerprint density at radius 2 is 1.71 bits per heavy atom. The number of hydrogen-bond donors (Lipinski definition) is 1. The van der Waals surface area contributed by atoms with Gasteiger partial charge in [-0.2, -0.15) is 9.97 Å². The third kappa shape index (κ3) is 2.33. The molecule has 0 saturated carbocycles. The second-order valence-electron chi connectivity index (χ2n) is 3.62. The lowest BCUT2D eigenvalue weighted by Crippen LogP contribution is -2.02.